The highest BCUT2D eigenvalue weighted by molar-refractivity contribution is 5.52. The second kappa shape index (κ2) is 6.19. The van der Waals surface area contributed by atoms with Crippen LogP contribution in [0.2, 0.25) is 0 Å². The van der Waals surface area contributed by atoms with E-state index in [-0.39, 0.29) is 5.41 Å². The Kier molecular flexibility index (Phi) is 5.15. The van der Waals surface area contributed by atoms with Gasteiger partial charge < -0.3 is 10.2 Å². The molecule has 0 radical (unpaired) electrons. The molecule has 1 atom stereocenters. The molecule has 0 aliphatic heterocycles. The monoisotopic (exact) mass is 249 g/mol. The van der Waals surface area contributed by atoms with Crippen molar-refractivity contribution >= 4 is 5.69 Å². The summed E-state index contributed by atoms with van der Waals surface area (Å²) in [6.07, 6.45) is 3.83. The Hall–Kier alpha value is -1.09. The molecule has 1 N–H and O–H groups in total. The van der Waals surface area contributed by atoms with E-state index in [2.05, 4.69) is 62.9 Å². The first-order valence-electron chi connectivity index (χ1n) is 6.74. The zero-order valence-electron chi connectivity index (χ0n) is 12.6. The molecule has 0 saturated carbocycles. The summed E-state index contributed by atoms with van der Waals surface area (Å²) >= 11 is 0. The third kappa shape index (κ3) is 3.70. The molecule has 0 fully saturated rings. The zero-order chi connectivity index (χ0) is 13.8. The van der Waals surface area contributed by atoms with Crippen LogP contribution in [0, 0.1) is 5.41 Å². The highest BCUT2D eigenvalue weighted by Crippen LogP contribution is 2.28. The van der Waals surface area contributed by atoms with Crippen LogP contribution in [-0.2, 0) is 6.54 Å². The lowest BCUT2D eigenvalue weighted by atomic mass is 9.87. The predicted octanol–water partition coefficient (Wildman–Crippen LogP) is 3.06. The first-order valence-corrected chi connectivity index (χ1v) is 6.74. The molecular formula is C15H27N3. The second-order valence-electron chi connectivity index (χ2n) is 5.94. The third-order valence-electron chi connectivity index (χ3n) is 3.66. The van der Waals surface area contributed by atoms with Crippen molar-refractivity contribution in [3.63, 3.8) is 0 Å². The number of hydrogen-bond donors (Lipinski definition) is 1. The van der Waals surface area contributed by atoms with Gasteiger partial charge in [-0.2, -0.15) is 0 Å². The fourth-order valence-corrected chi connectivity index (χ4v) is 1.95. The Bertz CT molecular complexity index is 368. The molecule has 1 heterocycles. The third-order valence-corrected chi connectivity index (χ3v) is 3.66. The molecule has 3 nitrogen and oxygen atoms in total. The van der Waals surface area contributed by atoms with Gasteiger partial charge in [0.25, 0.3) is 0 Å². The molecule has 18 heavy (non-hydrogen) atoms. The lowest BCUT2D eigenvalue weighted by Gasteiger charge is -2.37. The van der Waals surface area contributed by atoms with Crippen LogP contribution < -0.4 is 10.2 Å². The topological polar surface area (TPSA) is 28.2 Å². The smallest absolute Gasteiger partial charge is 0.0442 e. The minimum atomic E-state index is 0.257. The summed E-state index contributed by atoms with van der Waals surface area (Å²) in [5.41, 5.74) is 2.79. The molecule has 0 aliphatic rings. The van der Waals surface area contributed by atoms with Gasteiger partial charge in [-0.25, -0.2) is 0 Å². The molecule has 0 aromatic carbocycles. The molecular weight excluding hydrogens is 222 g/mol. The largest absolute Gasteiger partial charge is 0.371 e. The van der Waals surface area contributed by atoms with Crippen molar-refractivity contribution in [1.29, 1.82) is 0 Å². The second-order valence-corrected chi connectivity index (χ2v) is 5.94. The van der Waals surface area contributed by atoms with Crippen molar-refractivity contribution in [2.75, 3.05) is 18.5 Å². The van der Waals surface area contributed by atoms with Crippen molar-refractivity contribution in [2.45, 2.75) is 47.2 Å². The van der Waals surface area contributed by atoms with E-state index in [9.17, 15) is 0 Å². The highest BCUT2D eigenvalue weighted by atomic mass is 15.1. The molecule has 0 spiro atoms. The molecule has 1 rings (SSSR count). The van der Waals surface area contributed by atoms with Gasteiger partial charge in [0, 0.05) is 43.3 Å². The highest BCUT2D eigenvalue weighted by Gasteiger charge is 2.25. The van der Waals surface area contributed by atoms with E-state index >= 15 is 0 Å². The molecule has 102 valence electrons. The molecule has 0 aliphatic carbocycles. The zero-order valence-corrected chi connectivity index (χ0v) is 12.6. The number of aromatic nitrogens is 1. The Morgan fingerprint density at radius 2 is 2.06 bits per heavy atom. The van der Waals surface area contributed by atoms with Gasteiger partial charge in [0.2, 0.25) is 0 Å². The maximum absolute atomic E-state index is 4.24. The molecule has 0 amide bonds. The van der Waals surface area contributed by atoms with Gasteiger partial charge in [-0.3, -0.25) is 4.98 Å². The number of rotatable bonds is 5. The van der Waals surface area contributed by atoms with Gasteiger partial charge >= 0.3 is 0 Å². The SMILES string of the molecule is CCNCc1cnccc1N(C)C(C)C(C)(C)C. The summed E-state index contributed by atoms with van der Waals surface area (Å²) in [5.74, 6) is 0. The fraction of sp³-hybridized carbons (Fsp3) is 0.667. The van der Waals surface area contributed by atoms with E-state index in [1.165, 1.54) is 11.3 Å². The summed E-state index contributed by atoms with van der Waals surface area (Å²) in [4.78, 5) is 6.59. The Morgan fingerprint density at radius 3 is 2.61 bits per heavy atom. The van der Waals surface area contributed by atoms with E-state index in [0.29, 0.717) is 6.04 Å². The molecule has 0 bridgehead atoms. The molecule has 1 aromatic heterocycles. The van der Waals surface area contributed by atoms with Crippen molar-refractivity contribution in [1.82, 2.24) is 10.3 Å². The minimum Gasteiger partial charge on any atom is -0.371 e. The predicted molar refractivity (Wildman–Crippen MR) is 78.9 cm³/mol. The van der Waals surface area contributed by atoms with Crippen LogP contribution in [0.5, 0.6) is 0 Å². The van der Waals surface area contributed by atoms with Crippen LogP contribution in [0.3, 0.4) is 0 Å². The van der Waals surface area contributed by atoms with Gasteiger partial charge in [-0.15, -0.1) is 0 Å². The van der Waals surface area contributed by atoms with Crippen LogP contribution in [-0.4, -0.2) is 24.6 Å². The Balaban J connectivity index is 2.94. The molecule has 3 heteroatoms. The molecule has 1 unspecified atom stereocenters. The van der Waals surface area contributed by atoms with E-state index < -0.39 is 0 Å². The standard InChI is InChI=1S/C15H27N3/c1-7-16-10-13-11-17-9-8-14(13)18(6)12(2)15(3,4)5/h8-9,11-12,16H,7,10H2,1-6H3. The lowest BCUT2D eigenvalue weighted by Crippen LogP contribution is -2.40. The number of hydrogen-bond acceptors (Lipinski definition) is 3. The number of pyridine rings is 1. The number of nitrogens with one attached hydrogen (secondary N) is 1. The summed E-state index contributed by atoms with van der Waals surface area (Å²) < 4.78 is 0. The van der Waals surface area contributed by atoms with Crippen LogP contribution in [0.4, 0.5) is 5.69 Å². The van der Waals surface area contributed by atoms with E-state index in [0.717, 1.165) is 13.1 Å². The minimum absolute atomic E-state index is 0.257. The lowest BCUT2D eigenvalue weighted by molar-refractivity contribution is 0.329. The van der Waals surface area contributed by atoms with Crippen LogP contribution in [0.25, 0.3) is 0 Å². The summed E-state index contributed by atoms with van der Waals surface area (Å²) in [7, 11) is 2.17. The van der Waals surface area contributed by atoms with E-state index in [1.807, 2.05) is 12.4 Å². The van der Waals surface area contributed by atoms with Gasteiger partial charge in [-0.05, 0) is 24.9 Å². The Labute approximate surface area is 112 Å². The maximum Gasteiger partial charge on any atom is 0.0442 e. The van der Waals surface area contributed by atoms with Crippen molar-refractivity contribution in [3.05, 3.63) is 24.0 Å². The Morgan fingerprint density at radius 1 is 1.39 bits per heavy atom. The molecule has 1 aromatic rings. The number of nitrogens with zero attached hydrogens (tertiary/aromatic N) is 2. The molecule has 0 saturated heterocycles. The van der Waals surface area contributed by atoms with Gasteiger partial charge in [-0.1, -0.05) is 27.7 Å². The van der Waals surface area contributed by atoms with Crippen molar-refractivity contribution < 1.29 is 0 Å². The number of anilines is 1. The van der Waals surface area contributed by atoms with Crippen molar-refractivity contribution in [2.24, 2.45) is 5.41 Å². The fourth-order valence-electron chi connectivity index (χ4n) is 1.95. The van der Waals surface area contributed by atoms with Crippen LogP contribution in [0.1, 0.15) is 40.2 Å². The average Bonchev–Trinajstić information content (AvgIpc) is 2.33. The quantitative estimate of drug-likeness (QED) is 0.869. The van der Waals surface area contributed by atoms with Crippen LogP contribution in [0.15, 0.2) is 18.5 Å². The van der Waals surface area contributed by atoms with Crippen molar-refractivity contribution in [3.8, 4) is 0 Å². The van der Waals surface area contributed by atoms with Crippen LogP contribution >= 0.6 is 0 Å². The normalized spacial score (nSPS) is 13.4. The maximum atomic E-state index is 4.24. The van der Waals surface area contributed by atoms with E-state index in [1.54, 1.807) is 0 Å². The van der Waals surface area contributed by atoms with Gasteiger partial charge in [0.05, 0.1) is 0 Å². The average molecular weight is 249 g/mol. The van der Waals surface area contributed by atoms with E-state index in [4.69, 9.17) is 0 Å². The van der Waals surface area contributed by atoms with Gasteiger partial charge in [0.1, 0.15) is 0 Å². The first-order chi connectivity index (χ1) is 8.38. The first kappa shape index (κ1) is 15.0. The summed E-state index contributed by atoms with van der Waals surface area (Å²) in [6, 6.07) is 2.58. The van der Waals surface area contributed by atoms with Gasteiger partial charge in [0.15, 0.2) is 0 Å². The summed E-state index contributed by atoms with van der Waals surface area (Å²) in [5, 5.41) is 3.37. The summed E-state index contributed by atoms with van der Waals surface area (Å²) in [6.45, 7) is 13.1.